The summed E-state index contributed by atoms with van der Waals surface area (Å²) >= 11 is 0. The highest BCUT2D eigenvalue weighted by atomic mass is 32.2. The lowest BCUT2D eigenvalue weighted by molar-refractivity contribution is 0.597. The number of nitrogens with zero attached hydrogens (tertiary/aromatic N) is 1. The lowest BCUT2D eigenvalue weighted by Crippen LogP contribution is -2.29. The average molecular weight is 311 g/mol. The van der Waals surface area contributed by atoms with Crippen LogP contribution in [0.3, 0.4) is 0 Å². The van der Waals surface area contributed by atoms with Gasteiger partial charge in [-0.3, -0.25) is 4.31 Å². The molecule has 0 bridgehead atoms. The summed E-state index contributed by atoms with van der Waals surface area (Å²) in [6.45, 7) is 0.577. The summed E-state index contributed by atoms with van der Waals surface area (Å²) in [6.07, 6.45) is 3.83. The molecule has 0 unspecified atom stereocenters. The third kappa shape index (κ3) is 2.15. The summed E-state index contributed by atoms with van der Waals surface area (Å²) in [4.78, 5) is 0. The fourth-order valence-corrected chi connectivity index (χ4v) is 4.53. The van der Waals surface area contributed by atoms with Crippen LogP contribution in [0.4, 0.5) is 5.69 Å². The van der Waals surface area contributed by atoms with Gasteiger partial charge in [-0.2, -0.15) is 0 Å². The number of anilines is 1. The predicted molar refractivity (Wildman–Crippen MR) is 89.1 cm³/mol. The third-order valence-corrected chi connectivity index (χ3v) is 6.00. The van der Waals surface area contributed by atoms with E-state index in [9.17, 15) is 8.42 Å². The molecular formula is C18H17NO2S. The van der Waals surface area contributed by atoms with E-state index in [1.807, 2.05) is 48.5 Å². The Balaban J connectivity index is 1.69. The van der Waals surface area contributed by atoms with Gasteiger partial charge in [0, 0.05) is 12.0 Å². The van der Waals surface area contributed by atoms with Crippen LogP contribution in [-0.2, 0) is 15.4 Å². The van der Waals surface area contributed by atoms with Crippen molar-refractivity contribution in [2.75, 3.05) is 10.8 Å². The number of hydrogen-bond donors (Lipinski definition) is 0. The van der Waals surface area contributed by atoms with Crippen LogP contribution in [0.15, 0.2) is 60.0 Å². The summed E-state index contributed by atoms with van der Waals surface area (Å²) in [5.74, 6) is 0. The second-order valence-corrected chi connectivity index (χ2v) is 7.81. The molecule has 0 amide bonds. The third-order valence-electron chi connectivity index (χ3n) is 4.58. The van der Waals surface area contributed by atoms with Gasteiger partial charge in [0.2, 0.25) is 0 Å². The van der Waals surface area contributed by atoms with Crippen molar-refractivity contribution in [1.29, 1.82) is 0 Å². The number of para-hydroxylation sites is 1. The molecule has 1 aliphatic heterocycles. The van der Waals surface area contributed by atoms with Gasteiger partial charge in [0.05, 0.1) is 11.1 Å². The lowest BCUT2D eigenvalue weighted by atomic mass is 9.99. The first-order valence-corrected chi connectivity index (χ1v) is 8.97. The van der Waals surface area contributed by atoms with E-state index in [1.54, 1.807) is 10.4 Å². The average Bonchev–Trinajstić information content (AvgIpc) is 3.24. The van der Waals surface area contributed by atoms with E-state index in [2.05, 4.69) is 6.07 Å². The Hall–Kier alpha value is -2.07. The molecule has 1 heterocycles. The smallest absolute Gasteiger partial charge is 0.257 e. The van der Waals surface area contributed by atoms with Crippen molar-refractivity contribution in [1.82, 2.24) is 0 Å². The highest BCUT2D eigenvalue weighted by Gasteiger charge is 2.53. The van der Waals surface area contributed by atoms with Crippen molar-refractivity contribution in [2.45, 2.75) is 18.3 Å². The molecule has 0 N–H and O–H groups in total. The summed E-state index contributed by atoms with van der Waals surface area (Å²) < 4.78 is 27.0. The molecule has 2 aromatic carbocycles. The molecule has 2 aromatic rings. The number of sulfonamides is 1. The Morgan fingerprint density at radius 2 is 1.64 bits per heavy atom. The fourth-order valence-electron chi connectivity index (χ4n) is 3.19. The predicted octanol–water partition coefficient (Wildman–Crippen LogP) is 3.54. The van der Waals surface area contributed by atoms with E-state index in [4.69, 9.17) is 0 Å². The second-order valence-electron chi connectivity index (χ2n) is 6.06. The first-order chi connectivity index (χ1) is 10.6. The molecular weight excluding hydrogens is 294 g/mol. The van der Waals surface area contributed by atoms with Crippen molar-refractivity contribution in [2.24, 2.45) is 0 Å². The fraction of sp³-hybridized carbons (Fsp3) is 0.222. The van der Waals surface area contributed by atoms with Crippen LogP contribution in [0.25, 0.3) is 6.08 Å². The summed E-state index contributed by atoms with van der Waals surface area (Å²) in [6, 6.07) is 17.4. The molecule has 1 saturated carbocycles. The topological polar surface area (TPSA) is 37.4 Å². The van der Waals surface area contributed by atoms with Crippen LogP contribution in [0.5, 0.6) is 0 Å². The quantitative estimate of drug-likeness (QED) is 0.869. The molecule has 4 rings (SSSR count). The lowest BCUT2D eigenvalue weighted by Gasteiger charge is -2.17. The molecule has 3 nitrogen and oxygen atoms in total. The van der Waals surface area contributed by atoms with Crippen molar-refractivity contribution in [3.8, 4) is 0 Å². The Morgan fingerprint density at radius 1 is 0.955 bits per heavy atom. The van der Waals surface area contributed by atoms with Crippen LogP contribution >= 0.6 is 0 Å². The summed E-state index contributed by atoms with van der Waals surface area (Å²) in [7, 11) is -3.45. The van der Waals surface area contributed by atoms with Gasteiger partial charge in [-0.05, 0) is 36.1 Å². The standard InChI is InChI=1S/C18H17NO2S/c20-22(21,13-10-15-6-2-1-3-7-15)19-14-18(11-12-18)16-8-4-5-9-17(16)19/h1-10,13H,11-12,14H2/b13-10+. The minimum atomic E-state index is -3.45. The summed E-state index contributed by atoms with van der Waals surface area (Å²) in [5.41, 5.74) is 2.99. The van der Waals surface area contributed by atoms with Gasteiger partial charge < -0.3 is 0 Å². The number of fused-ring (bicyclic) bond motifs is 2. The van der Waals surface area contributed by atoms with Crippen molar-refractivity contribution in [3.63, 3.8) is 0 Å². The van der Waals surface area contributed by atoms with Gasteiger partial charge in [0.1, 0.15) is 0 Å². The molecule has 0 atom stereocenters. The van der Waals surface area contributed by atoms with Crippen LogP contribution < -0.4 is 4.31 Å². The van der Waals surface area contributed by atoms with Crippen molar-refractivity contribution >= 4 is 21.8 Å². The van der Waals surface area contributed by atoms with E-state index in [-0.39, 0.29) is 5.41 Å². The Kier molecular flexibility index (Phi) is 2.91. The monoisotopic (exact) mass is 311 g/mol. The van der Waals surface area contributed by atoms with Gasteiger partial charge in [-0.15, -0.1) is 0 Å². The minimum Gasteiger partial charge on any atom is -0.266 e. The maximum Gasteiger partial charge on any atom is 0.257 e. The first-order valence-electron chi connectivity index (χ1n) is 7.46. The maximum atomic E-state index is 12.7. The van der Waals surface area contributed by atoms with Gasteiger partial charge in [0.25, 0.3) is 10.0 Å². The van der Waals surface area contributed by atoms with E-state index in [0.717, 1.165) is 24.1 Å². The Morgan fingerprint density at radius 3 is 2.36 bits per heavy atom. The number of benzene rings is 2. The van der Waals surface area contributed by atoms with Crippen molar-refractivity contribution < 1.29 is 8.42 Å². The van der Waals surface area contributed by atoms with Crippen LogP contribution in [0.1, 0.15) is 24.0 Å². The Labute approximate surface area is 130 Å². The van der Waals surface area contributed by atoms with Crippen molar-refractivity contribution in [3.05, 3.63) is 71.1 Å². The molecule has 1 fully saturated rings. The van der Waals surface area contributed by atoms with Gasteiger partial charge in [-0.25, -0.2) is 8.42 Å². The van der Waals surface area contributed by atoms with Crippen LogP contribution in [-0.4, -0.2) is 15.0 Å². The number of hydrogen-bond acceptors (Lipinski definition) is 2. The highest BCUT2D eigenvalue weighted by molar-refractivity contribution is 7.95. The molecule has 0 saturated heterocycles. The van der Waals surface area contributed by atoms with E-state index >= 15 is 0 Å². The molecule has 1 aliphatic carbocycles. The summed E-state index contributed by atoms with van der Waals surface area (Å²) in [5, 5.41) is 1.32. The zero-order chi connectivity index (χ0) is 15.2. The van der Waals surface area contributed by atoms with E-state index < -0.39 is 10.0 Å². The Bertz CT molecular complexity index is 836. The normalized spacial score (nSPS) is 18.8. The van der Waals surface area contributed by atoms with E-state index in [0.29, 0.717) is 6.54 Å². The zero-order valence-electron chi connectivity index (χ0n) is 12.1. The molecule has 0 radical (unpaired) electrons. The largest absolute Gasteiger partial charge is 0.266 e. The molecule has 22 heavy (non-hydrogen) atoms. The molecule has 4 heteroatoms. The van der Waals surface area contributed by atoms with Crippen LogP contribution in [0, 0.1) is 0 Å². The zero-order valence-corrected chi connectivity index (χ0v) is 13.0. The van der Waals surface area contributed by atoms with Gasteiger partial charge >= 0.3 is 0 Å². The minimum absolute atomic E-state index is 0.0737. The maximum absolute atomic E-state index is 12.7. The van der Waals surface area contributed by atoms with E-state index in [1.165, 1.54) is 11.0 Å². The van der Waals surface area contributed by atoms with Crippen LogP contribution in [0.2, 0.25) is 0 Å². The van der Waals surface area contributed by atoms with Gasteiger partial charge in [0.15, 0.2) is 0 Å². The van der Waals surface area contributed by atoms with Gasteiger partial charge in [-0.1, -0.05) is 48.5 Å². The molecule has 1 spiro atoms. The second kappa shape index (κ2) is 4.71. The highest BCUT2D eigenvalue weighted by Crippen LogP contribution is 2.57. The SMILES string of the molecule is O=S(=O)(/C=C/c1ccccc1)N1CC2(CC2)c2ccccc21. The molecule has 112 valence electrons. The molecule has 0 aromatic heterocycles. The number of rotatable bonds is 3. The first kappa shape index (κ1) is 13.6. The molecule has 2 aliphatic rings.